The molecule has 2 heterocycles. The molecule has 30 heavy (non-hydrogen) atoms. The Morgan fingerprint density at radius 3 is 2.57 bits per heavy atom. The summed E-state index contributed by atoms with van der Waals surface area (Å²) in [7, 11) is 1.72. The molecule has 1 aromatic carbocycles. The Morgan fingerprint density at radius 1 is 1.33 bits per heavy atom. The first kappa shape index (κ1) is 22.3. The first-order valence-corrected chi connectivity index (χ1v) is 10.6. The van der Waals surface area contributed by atoms with Gasteiger partial charge in [0.15, 0.2) is 5.71 Å². The van der Waals surface area contributed by atoms with Gasteiger partial charge in [-0.1, -0.05) is 11.6 Å². The number of nitrogens with one attached hydrogen (secondary N) is 1. The van der Waals surface area contributed by atoms with Crippen LogP contribution in [0, 0.1) is 6.92 Å². The highest BCUT2D eigenvalue weighted by Crippen LogP contribution is 2.43. The number of hydrogen-bond acceptors (Lipinski definition) is 6. The van der Waals surface area contributed by atoms with E-state index in [-0.39, 0.29) is 6.04 Å². The van der Waals surface area contributed by atoms with E-state index >= 15 is 0 Å². The van der Waals surface area contributed by atoms with Crippen LogP contribution in [-0.4, -0.2) is 46.8 Å². The Bertz CT molecular complexity index is 955. The molecule has 0 saturated carbocycles. The van der Waals surface area contributed by atoms with Crippen LogP contribution in [0.15, 0.2) is 12.4 Å². The summed E-state index contributed by atoms with van der Waals surface area (Å²) in [6.45, 7) is 12.3. The predicted molar refractivity (Wildman–Crippen MR) is 122 cm³/mol. The Morgan fingerprint density at radius 2 is 2.00 bits per heavy atom. The molecule has 1 aliphatic rings. The summed E-state index contributed by atoms with van der Waals surface area (Å²) in [5.41, 5.74) is 10.4. The zero-order valence-corrected chi connectivity index (χ0v) is 19.3. The van der Waals surface area contributed by atoms with Gasteiger partial charge in [-0.2, -0.15) is 0 Å². The fourth-order valence-electron chi connectivity index (χ4n) is 4.10. The summed E-state index contributed by atoms with van der Waals surface area (Å²) in [5, 5.41) is 10.2. The predicted octanol–water partition coefficient (Wildman–Crippen LogP) is 2.58. The molecular formula is C22H32ClN6O+. The van der Waals surface area contributed by atoms with Crippen molar-refractivity contribution in [2.75, 3.05) is 31.2 Å². The molecule has 0 bridgehead atoms. The summed E-state index contributed by atoms with van der Waals surface area (Å²) in [6.07, 6.45) is 1.43. The van der Waals surface area contributed by atoms with Crippen molar-refractivity contribution in [1.82, 2.24) is 14.9 Å². The van der Waals surface area contributed by atoms with Crippen molar-refractivity contribution in [2.45, 2.75) is 52.6 Å². The first-order valence-electron chi connectivity index (χ1n) is 10.2. The van der Waals surface area contributed by atoms with Crippen molar-refractivity contribution < 1.29 is 10.1 Å². The van der Waals surface area contributed by atoms with Gasteiger partial charge in [0.2, 0.25) is 0 Å². The SMILES string of the molecule is COc1c(C(C)Nc2ncnc(N)c2C(C)=[NH2+])cc(Cl)c(C)c1C1CN(C(C)C)C1. The highest BCUT2D eigenvalue weighted by atomic mass is 35.5. The van der Waals surface area contributed by atoms with E-state index in [9.17, 15) is 0 Å². The number of likely N-dealkylation sites (tertiary alicyclic amines) is 1. The lowest BCUT2D eigenvalue weighted by molar-refractivity contribution is -0.113. The monoisotopic (exact) mass is 431 g/mol. The molecule has 8 heteroatoms. The molecule has 1 fully saturated rings. The van der Waals surface area contributed by atoms with Crippen molar-refractivity contribution in [3.05, 3.63) is 39.7 Å². The van der Waals surface area contributed by atoms with Crippen LogP contribution in [0.1, 0.15) is 61.9 Å². The third-order valence-electron chi connectivity index (χ3n) is 5.89. The molecule has 1 unspecified atom stereocenters. The summed E-state index contributed by atoms with van der Waals surface area (Å²) >= 11 is 6.66. The number of hydrogen-bond donors (Lipinski definition) is 3. The van der Waals surface area contributed by atoms with Gasteiger partial charge >= 0.3 is 0 Å². The molecule has 1 aromatic heterocycles. The van der Waals surface area contributed by atoms with Crippen LogP contribution in [-0.2, 0) is 0 Å². The van der Waals surface area contributed by atoms with Gasteiger partial charge in [0.05, 0.1) is 13.2 Å². The van der Waals surface area contributed by atoms with Crippen molar-refractivity contribution in [3.8, 4) is 5.75 Å². The van der Waals surface area contributed by atoms with Gasteiger partial charge in [-0.25, -0.2) is 9.97 Å². The number of methoxy groups -OCH3 is 1. The number of rotatable bonds is 7. The summed E-state index contributed by atoms with van der Waals surface area (Å²) < 4.78 is 5.92. The number of benzene rings is 1. The van der Waals surface area contributed by atoms with E-state index in [2.05, 4.69) is 41.0 Å². The number of nitrogens with zero attached hydrogens (tertiary/aromatic N) is 3. The molecule has 1 aliphatic heterocycles. The van der Waals surface area contributed by atoms with Gasteiger partial charge in [-0.15, -0.1) is 0 Å². The molecule has 162 valence electrons. The lowest BCUT2D eigenvalue weighted by Crippen LogP contribution is -2.48. The van der Waals surface area contributed by atoms with Crippen molar-refractivity contribution >= 4 is 28.9 Å². The zero-order valence-electron chi connectivity index (χ0n) is 18.6. The molecule has 0 spiro atoms. The van der Waals surface area contributed by atoms with Crippen LogP contribution < -0.4 is 21.2 Å². The maximum atomic E-state index is 6.66. The lowest BCUT2D eigenvalue weighted by atomic mass is 9.84. The number of anilines is 2. The van der Waals surface area contributed by atoms with Crippen molar-refractivity contribution in [3.63, 3.8) is 0 Å². The Kier molecular flexibility index (Phi) is 6.53. The zero-order chi connectivity index (χ0) is 22.2. The first-order chi connectivity index (χ1) is 14.1. The molecule has 5 N–H and O–H groups in total. The Hall–Kier alpha value is -2.38. The molecular weight excluding hydrogens is 400 g/mol. The van der Waals surface area contributed by atoms with Crippen LogP contribution in [0.4, 0.5) is 11.6 Å². The van der Waals surface area contributed by atoms with Gasteiger partial charge in [-0.05, 0) is 39.3 Å². The second kappa shape index (κ2) is 8.78. The molecule has 2 aromatic rings. The highest BCUT2D eigenvalue weighted by molar-refractivity contribution is 6.31. The van der Waals surface area contributed by atoms with Crippen molar-refractivity contribution in [1.29, 1.82) is 0 Å². The molecule has 0 aliphatic carbocycles. The third kappa shape index (κ3) is 4.09. The van der Waals surface area contributed by atoms with Crippen molar-refractivity contribution in [2.24, 2.45) is 0 Å². The fraction of sp³-hybridized carbons (Fsp3) is 0.500. The van der Waals surface area contributed by atoms with E-state index in [1.54, 1.807) is 14.0 Å². The minimum atomic E-state index is -0.134. The smallest absolute Gasteiger partial charge is 0.184 e. The van der Waals surface area contributed by atoms with E-state index in [0.29, 0.717) is 34.9 Å². The topological polar surface area (TPSA) is 102 Å². The van der Waals surface area contributed by atoms with Gasteiger partial charge in [-0.3, -0.25) is 10.3 Å². The van der Waals surface area contributed by atoms with Crippen LogP contribution >= 0.6 is 11.6 Å². The molecule has 0 radical (unpaired) electrons. The third-order valence-corrected chi connectivity index (χ3v) is 6.29. The Balaban J connectivity index is 1.99. The van der Waals surface area contributed by atoms with Gasteiger partial charge in [0.25, 0.3) is 0 Å². The van der Waals surface area contributed by atoms with Gasteiger partial charge < -0.3 is 15.8 Å². The second-order valence-electron chi connectivity index (χ2n) is 8.30. The molecule has 1 atom stereocenters. The van der Waals surface area contributed by atoms with Crippen LogP contribution in [0.25, 0.3) is 0 Å². The normalized spacial score (nSPS) is 15.7. The van der Waals surface area contributed by atoms with Gasteiger partial charge in [0.1, 0.15) is 29.3 Å². The number of aromatic nitrogens is 2. The van der Waals surface area contributed by atoms with Crippen LogP contribution in [0.3, 0.4) is 0 Å². The van der Waals surface area contributed by atoms with Crippen LogP contribution in [0.5, 0.6) is 5.75 Å². The highest BCUT2D eigenvalue weighted by Gasteiger charge is 2.35. The second-order valence-corrected chi connectivity index (χ2v) is 8.70. The van der Waals surface area contributed by atoms with E-state index in [1.165, 1.54) is 11.9 Å². The maximum Gasteiger partial charge on any atom is 0.184 e. The standard InChI is InChI=1S/C22H31ClN6O/c1-11(2)29-8-15(9-29)18-12(3)17(23)7-16(20(18)30-6)14(5)28-22-19(13(4)24)21(25)26-10-27-22/h7,10-11,14-15,24H,8-9H2,1-6H3,(H3,25,26,27,28)/p+1. The minimum absolute atomic E-state index is 0.134. The summed E-state index contributed by atoms with van der Waals surface area (Å²) in [5.74, 6) is 2.21. The molecule has 7 nitrogen and oxygen atoms in total. The van der Waals surface area contributed by atoms with Gasteiger partial charge in [0, 0.05) is 48.1 Å². The average Bonchev–Trinajstić information content (AvgIpc) is 2.63. The maximum absolute atomic E-state index is 6.66. The Labute approximate surface area is 183 Å². The summed E-state index contributed by atoms with van der Waals surface area (Å²) in [6, 6.07) is 2.37. The van der Waals surface area contributed by atoms with E-state index in [1.807, 2.05) is 13.0 Å². The number of ether oxygens (including phenoxy) is 1. The number of nitrogens with two attached hydrogens (primary N) is 2. The molecule has 1 saturated heterocycles. The quantitative estimate of drug-likeness (QED) is 0.582. The largest absolute Gasteiger partial charge is 0.496 e. The number of nitrogen functional groups attached to an aromatic ring is 1. The van der Waals surface area contributed by atoms with E-state index < -0.39 is 0 Å². The van der Waals surface area contributed by atoms with Crippen LogP contribution in [0.2, 0.25) is 5.02 Å². The minimum Gasteiger partial charge on any atom is -0.496 e. The van der Waals surface area contributed by atoms with E-state index in [4.69, 9.17) is 27.5 Å². The van der Waals surface area contributed by atoms with E-state index in [0.717, 1.165) is 35.0 Å². The molecule has 0 amide bonds. The fourth-order valence-corrected chi connectivity index (χ4v) is 4.32. The summed E-state index contributed by atoms with van der Waals surface area (Å²) in [4.78, 5) is 10.9. The lowest BCUT2D eigenvalue weighted by Gasteiger charge is -2.43. The number of halogens is 1. The molecule has 3 rings (SSSR count). The average molecular weight is 432 g/mol.